The monoisotopic (exact) mass is 516 g/mol. The Morgan fingerprint density at radius 2 is 1.94 bits per heavy atom. The summed E-state index contributed by atoms with van der Waals surface area (Å²) in [6, 6.07) is 11.9. The summed E-state index contributed by atoms with van der Waals surface area (Å²) in [6.45, 7) is 4.16. The molecule has 2 atom stereocenters. The van der Waals surface area contributed by atoms with E-state index >= 15 is 0 Å². The maximum atomic E-state index is 12.7. The molecular weight excluding hydrogens is 492 g/mol. The quantitative estimate of drug-likeness (QED) is 0.499. The van der Waals surface area contributed by atoms with Gasteiger partial charge in [0, 0.05) is 43.0 Å². The molecule has 34 heavy (non-hydrogen) atoms. The number of nitrogens with zero attached hydrogens (tertiary/aromatic N) is 4. The second-order valence-electron chi connectivity index (χ2n) is 8.52. The Morgan fingerprint density at radius 3 is 2.68 bits per heavy atom. The number of nitrogens with one attached hydrogen (secondary N) is 2. The van der Waals surface area contributed by atoms with E-state index in [-0.39, 0.29) is 21.5 Å². The standard InChI is InChI=1S/C22H24N6O3S3/c1-2-19-24-25-21(33-19)26-34(30,31)17-8-6-16(7-9-17)23-22(32)27-11-14-10-15(13-27)18-4-3-5-20(29)28(18)12-14/h3-9,14-15H,2,10-13H2,1H3,(H,23,32)(H,25,26)/t14?,15-/m0/s1. The van der Waals surface area contributed by atoms with Crippen LogP contribution in [0.4, 0.5) is 10.8 Å². The average molecular weight is 517 g/mol. The molecule has 1 unspecified atom stereocenters. The first kappa shape index (κ1) is 22.9. The highest BCUT2D eigenvalue weighted by atomic mass is 32.2. The van der Waals surface area contributed by atoms with Crippen LogP contribution in [-0.4, -0.2) is 46.3 Å². The Balaban J connectivity index is 1.25. The summed E-state index contributed by atoms with van der Waals surface area (Å²) in [5, 5.41) is 12.6. The van der Waals surface area contributed by atoms with Gasteiger partial charge in [-0.05, 0) is 61.3 Å². The molecule has 9 nitrogen and oxygen atoms in total. The number of likely N-dealkylation sites (tertiary alicyclic amines) is 1. The minimum Gasteiger partial charge on any atom is -0.348 e. The van der Waals surface area contributed by atoms with Crippen LogP contribution in [0.5, 0.6) is 0 Å². The first-order valence-electron chi connectivity index (χ1n) is 11.0. The predicted octanol–water partition coefficient (Wildman–Crippen LogP) is 2.88. The van der Waals surface area contributed by atoms with Gasteiger partial charge in [-0.3, -0.25) is 9.52 Å². The van der Waals surface area contributed by atoms with E-state index in [1.54, 1.807) is 18.2 Å². The molecule has 1 aromatic carbocycles. The molecule has 5 rings (SSSR count). The lowest BCUT2D eigenvalue weighted by molar-refractivity contribution is 0.180. The van der Waals surface area contributed by atoms with E-state index in [1.165, 1.54) is 23.5 Å². The smallest absolute Gasteiger partial charge is 0.263 e. The summed E-state index contributed by atoms with van der Waals surface area (Å²) in [4.78, 5) is 14.5. The largest absolute Gasteiger partial charge is 0.348 e. The number of hydrogen-bond donors (Lipinski definition) is 2. The van der Waals surface area contributed by atoms with Crippen molar-refractivity contribution >= 4 is 49.5 Å². The van der Waals surface area contributed by atoms with E-state index in [4.69, 9.17) is 12.2 Å². The van der Waals surface area contributed by atoms with E-state index in [9.17, 15) is 13.2 Å². The third-order valence-corrected chi connectivity index (χ3v) is 9.00. The minimum atomic E-state index is -3.76. The summed E-state index contributed by atoms with van der Waals surface area (Å²) in [5.74, 6) is 0.617. The molecule has 0 aliphatic carbocycles. The number of aryl methyl sites for hydroxylation is 1. The zero-order valence-corrected chi connectivity index (χ0v) is 20.9. The summed E-state index contributed by atoms with van der Waals surface area (Å²) >= 11 is 6.89. The highest BCUT2D eigenvalue weighted by Crippen LogP contribution is 2.35. The van der Waals surface area contributed by atoms with Crippen LogP contribution in [0.2, 0.25) is 0 Å². The number of pyridine rings is 1. The van der Waals surface area contributed by atoms with E-state index in [1.807, 2.05) is 23.6 Å². The van der Waals surface area contributed by atoms with Gasteiger partial charge in [0.25, 0.3) is 15.6 Å². The normalized spacial score (nSPS) is 19.4. The summed E-state index contributed by atoms with van der Waals surface area (Å²) in [6.07, 6.45) is 1.75. The number of rotatable bonds is 5. The van der Waals surface area contributed by atoms with E-state index in [2.05, 4.69) is 25.1 Å². The van der Waals surface area contributed by atoms with E-state index < -0.39 is 10.0 Å². The fourth-order valence-corrected chi connectivity index (χ4v) is 6.77. The number of anilines is 2. The molecule has 0 saturated carbocycles. The van der Waals surface area contributed by atoms with Crippen LogP contribution in [-0.2, 0) is 23.0 Å². The second kappa shape index (κ2) is 9.08. The maximum Gasteiger partial charge on any atom is 0.263 e. The number of hydrogen-bond acceptors (Lipinski definition) is 7. The van der Waals surface area contributed by atoms with Crippen molar-refractivity contribution in [3.63, 3.8) is 0 Å². The molecule has 1 saturated heterocycles. The van der Waals surface area contributed by atoms with Gasteiger partial charge in [-0.1, -0.05) is 24.3 Å². The number of sulfonamides is 1. The molecule has 178 valence electrons. The number of piperidine rings is 1. The molecule has 2 bridgehead atoms. The Labute approximate surface area is 206 Å². The molecule has 2 aliphatic rings. The topological polar surface area (TPSA) is 109 Å². The van der Waals surface area contributed by atoms with Gasteiger partial charge in [0.2, 0.25) is 5.13 Å². The molecule has 2 aromatic heterocycles. The Bertz CT molecular complexity index is 1380. The highest BCUT2D eigenvalue weighted by Gasteiger charge is 2.35. The lowest BCUT2D eigenvalue weighted by atomic mass is 9.83. The van der Waals surface area contributed by atoms with Gasteiger partial charge >= 0.3 is 0 Å². The molecule has 4 heterocycles. The lowest BCUT2D eigenvalue weighted by Crippen LogP contribution is -2.50. The van der Waals surface area contributed by atoms with Gasteiger partial charge < -0.3 is 14.8 Å². The second-order valence-corrected chi connectivity index (χ2v) is 11.6. The molecule has 1 fully saturated rings. The molecule has 2 N–H and O–H groups in total. The minimum absolute atomic E-state index is 0.0582. The van der Waals surface area contributed by atoms with Crippen molar-refractivity contribution in [3.8, 4) is 0 Å². The summed E-state index contributed by atoms with van der Waals surface area (Å²) < 4.78 is 29.7. The third-order valence-electron chi connectivity index (χ3n) is 6.17. The Hall–Kier alpha value is -2.83. The summed E-state index contributed by atoms with van der Waals surface area (Å²) in [7, 11) is -3.76. The van der Waals surface area contributed by atoms with Crippen molar-refractivity contribution in [1.82, 2.24) is 19.7 Å². The molecular formula is C22H24N6O3S3. The van der Waals surface area contributed by atoms with Gasteiger partial charge in [0.05, 0.1) is 4.90 Å². The predicted molar refractivity (Wildman–Crippen MR) is 136 cm³/mol. The van der Waals surface area contributed by atoms with Crippen LogP contribution in [0, 0.1) is 5.92 Å². The zero-order chi connectivity index (χ0) is 23.9. The molecule has 0 spiro atoms. The van der Waals surface area contributed by atoms with Crippen LogP contribution < -0.4 is 15.6 Å². The number of benzene rings is 1. The molecule has 0 amide bonds. The van der Waals surface area contributed by atoms with Gasteiger partial charge in [-0.2, -0.15) is 0 Å². The Morgan fingerprint density at radius 1 is 1.15 bits per heavy atom. The fourth-order valence-electron chi connectivity index (χ4n) is 4.59. The van der Waals surface area contributed by atoms with Gasteiger partial charge in [0.15, 0.2) is 5.11 Å². The van der Waals surface area contributed by atoms with Crippen LogP contribution in [0.15, 0.2) is 52.2 Å². The summed E-state index contributed by atoms with van der Waals surface area (Å²) in [5.41, 5.74) is 1.84. The molecule has 12 heteroatoms. The number of aromatic nitrogens is 3. The van der Waals surface area contributed by atoms with Crippen molar-refractivity contribution < 1.29 is 8.42 Å². The first-order valence-corrected chi connectivity index (χ1v) is 13.7. The molecule has 2 aliphatic heterocycles. The SMILES string of the molecule is CCc1nnc(NS(=O)(=O)c2ccc(NC(=S)N3CC4C[C@@H](C3)c3cccc(=O)n3C4)cc2)s1. The highest BCUT2D eigenvalue weighted by molar-refractivity contribution is 7.93. The van der Waals surface area contributed by atoms with E-state index in [0.717, 1.165) is 30.2 Å². The Kier molecular flexibility index (Phi) is 6.13. The molecule has 0 radical (unpaired) electrons. The average Bonchev–Trinajstić information content (AvgIpc) is 3.27. The van der Waals surface area contributed by atoms with Gasteiger partial charge in [-0.15, -0.1) is 10.2 Å². The fraction of sp³-hybridized carbons (Fsp3) is 0.364. The van der Waals surface area contributed by atoms with Crippen LogP contribution in [0.25, 0.3) is 0 Å². The maximum absolute atomic E-state index is 12.7. The van der Waals surface area contributed by atoms with Crippen molar-refractivity contribution in [3.05, 3.63) is 63.5 Å². The van der Waals surface area contributed by atoms with Crippen molar-refractivity contribution in [2.75, 3.05) is 23.1 Å². The third kappa shape index (κ3) is 4.57. The van der Waals surface area contributed by atoms with Crippen LogP contribution in [0.3, 0.4) is 0 Å². The van der Waals surface area contributed by atoms with Crippen molar-refractivity contribution in [2.24, 2.45) is 5.92 Å². The first-order chi connectivity index (χ1) is 16.3. The van der Waals surface area contributed by atoms with Gasteiger partial charge in [0.1, 0.15) is 5.01 Å². The zero-order valence-electron chi connectivity index (χ0n) is 18.5. The van der Waals surface area contributed by atoms with Crippen LogP contribution in [0.1, 0.15) is 30.0 Å². The van der Waals surface area contributed by atoms with E-state index in [0.29, 0.717) is 29.7 Å². The van der Waals surface area contributed by atoms with Crippen LogP contribution >= 0.6 is 23.6 Å². The van der Waals surface area contributed by atoms with Gasteiger partial charge in [-0.25, -0.2) is 8.42 Å². The lowest BCUT2D eigenvalue weighted by Gasteiger charge is -2.43. The number of fused-ring (bicyclic) bond motifs is 4. The molecule has 3 aromatic rings. The van der Waals surface area contributed by atoms with Crippen molar-refractivity contribution in [1.29, 1.82) is 0 Å². The van der Waals surface area contributed by atoms with Crippen molar-refractivity contribution in [2.45, 2.75) is 37.1 Å². The number of thiocarbonyl (C=S) groups is 1.